The van der Waals surface area contributed by atoms with Crippen molar-refractivity contribution < 1.29 is 14.3 Å². The van der Waals surface area contributed by atoms with Crippen molar-refractivity contribution in [2.45, 2.75) is 39.3 Å². The number of nitrogens with zero attached hydrogens (tertiary/aromatic N) is 5. The Kier molecular flexibility index (Phi) is 5.23. The van der Waals surface area contributed by atoms with Crippen molar-refractivity contribution in [3.05, 3.63) is 40.4 Å². The molecule has 0 unspecified atom stereocenters. The number of anilines is 1. The van der Waals surface area contributed by atoms with Crippen LogP contribution in [-0.2, 0) is 4.74 Å². The third-order valence-electron chi connectivity index (χ3n) is 5.24. The largest absolute Gasteiger partial charge is 0.481 e. The lowest BCUT2D eigenvalue weighted by Crippen LogP contribution is -2.54. The molecule has 10 nitrogen and oxygen atoms in total. The Morgan fingerprint density at radius 1 is 1.22 bits per heavy atom. The number of carbonyl (C=O) groups is 1. The van der Waals surface area contributed by atoms with E-state index in [1.807, 2.05) is 27.7 Å². The van der Waals surface area contributed by atoms with Crippen LogP contribution in [0.2, 0.25) is 0 Å². The van der Waals surface area contributed by atoms with Crippen molar-refractivity contribution >= 4 is 23.1 Å². The Morgan fingerprint density at radius 3 is 2.53 bits per heavy atom. The van der Waals surface area contributed by atoms with Crippen molar-refractivity contribution in [3.8, 4) is 17.0 Å². The summed E-state index contributed by atoms with van der Waals surface area (Å²) in [7, 11) is 1.53. The molecule has 1 fully saturated rings. The third-order valence-corrected chi connectivity index (χ3v) is 5.24. The first-order valence-corrected chi connectivity index (χ1v) is 10.2. The molecule has 1 aliphatic rings. The number of ether oxygens (including phenoxy) is 2. The van der Waals surface area contributed by atoms with Crippen LogP contribution in [0.5, 0.6) is 5.88 Å². The summed E-state index contributed by atoms with van der Waals surface area (Å²) in [4.78, 5) is 40.3. The molecule has 1 aliphatic heterocycles. The number of hydrogen-bond acceptors (Lipinski definition) is 8. The molecule has 0 atom stereocenters. The number of amides is 1. The van der Waals surface area contributed by atoms with Crippen molar-refractivity contribution in [2.75, 3.05) is 25.9 Å². The van der Waals surface area contributed by atoms with Gasteiger partial charge >= 0.3 is 6.09 Å². The predicted octanol–water partition coefficient (Wildman–Crippen LogP) is 2.54. The van der Waals surface area contributed by atoms with Crippen molar-refractivity contribution in [3.63, 3.8) is 0 Å². The van der Waals surface area contributed by atoms with Gasteiger partial charge in [0.2, 0.25) is 11.8 Å². The van der Waals surface area contributed by atoms with E-state index in [9.17, 15) is 9.59 Å². The van der Waals surface area contributed by atoms with Gasteiger partial charge in [0.25, 0.3) is 5.56 Å². The number of methoxy groups -OCH3 is 1. The highest BCUT2D eigenvalue weighted by molar-refractivity contribution is 5.84. The highest BCUT2D eigenvalue weighted by Crippen LogP contribution is 2.29. The van der Waals surface area contributed by atoms with E-state index >= 15 is 0 Å². The number of likely N-dealkylation sites (tertiary alicyclic amines) is 1. The number of nitrogens with two attached hydrogens (primary N) is 1. The Hall–Kier alpha value is -3.69. The van der Waals surface area contributed by atoms with Gasteiger partial charge in [0.05, 0.1) is 18.8 Å². The molecule has 1 saturated heterocycles. The van der Waals surface area contributed by atoms with Gasteiger partial charge in [0, 0.05) is 41.9 Å². The zero-order chi connectivity index (χ0) is 23.2. The molecule has 168 valence electrons. The second-order valence-corrected chi connectivity index (χ2v) is 8.77. The average Bonchev–Trinajstić information content (AvgIpc) is 2.67. The summed E-state index contributed by atoms with van der Waals surface area (Å²) in [6.07, 6.45) is 1.18. The normalized spacial score (nSPS) is 14.3. The minimum absolute atomic E-state index is 0.0883. The Labute approximate surface area is 185 Å². The van der Waals surface area contributed by atoms with E-state index in [2.05, 4.69) is 15.0 Å². The van der Waals surface area contributed by atoms with Gasteiger partial charge in [-0.05, 0) is 39.8 Å². The van der Waals surface area contributed by atoms with E-state index in [1.165, 1.54) is 7.11 Å². The van der Waals surface area contributed by atoms with E-state index in [0.717, 1.165) is 0 Å². The maximum atomic E-state index is 13.6. The number of rotatable bonds is 3. The molecule has 1 amide bonds. The molecule has 2 N–H and O–H groups in total. The molecule has 10 heteroatoms. The van der Waals surface area contributed by atoms with Crippen LogP contribution < -0.4 is 16.0 Å². The van der Waals surface area contributed by atoms with Gasteiger partial charge in [-0.15, -0.1) is 0 Å². The van der Waals surface area contributed by atoms with Crippen LogP contribution in [0.1, 0.15) is 32.5 Å². The quantitative estimate of drug-likeness (QED) is 0.661. The molecule has 3 aromatic heterocycles. The first-order valence-electron chi connectivity index (χ1n) is 10.2. The molecule has 0 aromatic carbocycles. The van der Waals surface area contributed by atoms with E-state index in [1.54, 1.807) is 33.9 Å². The van der Waals surface area contributed by atoms with Crippen LogP contribution in [0.4, 0.5) is 10.7 Å². The van der Waals surface area contributed by atoms with Gasteiger partial charge in [-0.25, -0.2) is 14.8 Å². The van der Waals surface area contributed by atoms with Crippen molar-refractivity contribution in [2.24, 2.45) is 0 Å². The van der Waals surface area contributed by atoms with E-state index in [4.69, 9.17) is 15.2 Å². The fourth-order valence-corrected chi connectivity index (χ4v) is 3.67. The minimum Gasteiger partial charge on any atom is -0.481 e. The fraction of sp³-hybridized carbons (Fsp3) is 0.409. The van der Waals surface area contributed by atoms with Gasteiger partial charge in [-0.3, -0.25) is 9.36 Å². The van der Waals surface area contributed by atoms with E-state index in [0.29, 0.717) is 46.8 Å². The van der Waals surface area contributed by atoms with Gasteiger partial charge in [0.1, 0.15) is 11.2 Å². The fourth-order valence-electron chi connectivity index (χ4n) is 3.67. The zero-order valence-corrected chi connectivity index (χ0v) is 18.7. The number of hydrogen-bond donors (Lipinski definition) is 1. The van der Waals surface area contributed by atoms with Gasteiger partial charge in [-0.2, -0.15) is 4.98 Å². The van der Waals surface area contributed by atoms with Gasteiger partial charge in [0.15, 0.2) is 0 Å². The number of fused-ring (bicyclic) bond motifs is 1. The summed E-state index contributed by atoms with van der Waals surface area (Å²) in [5.41, 5.74) is 7.26. The second-order valence-electron chi connectivity index (χ2n) is 8.77. The third kappa shape index (κ3) is 3.95. The van der Waals surface area contributed by atoms with Crippen LogP contribution in [0.15, 0.2) is 29.2 Å². The highest BCUT2D eigenvalue weighted by atomic mass is 16.6. The first-order chi connectivity index (χ1) is 15.1. The second kappa shape index (κ2) is 7.77. The number of aromatic nitrogens is 4. The molecule has 0 saturated carbocycles. The van der Waals surface area contributed by atoms with E-state index in [-0.39, 0.29) is 17.5 Å². The molecule has 0 spiro atoms. The number of carbonyl (C=O) groups excluding carboxylic acids is 1. The van der Waals surface area contributed by atoms with Crippen molar-refractivity contribution in [1.29, 1.82) is 0 Å². The molecular formula is C22H26N6O4. The summed E-state index contributed by atoms with van der Waals surface area (Å²) in [6.45, 7) is 7.92. The Bertz CT molecular complexity index is 1240. The predicted molar refractivity (Wildman–Crippen MR) is 120 cm³/mol. The molecule has 4 rings (SSSR count). The SMILES string of the molecule is COc1ccc(-c2cc3c(C)nc(N)nc3n(C3CN(C(=O)OC(C)(C)C)C3)c2=O)cn1. The lowest BCUT2D eigenvalue weighted by atomic mass is 10.0. The summed E-state index contributed by atoms with van der Waals surface area (Å²) in [5, 5.41) is 0.709. The van der Waals surface area contributed by atoms with Gasteiger partial charge in [-0.1, -0.05) is 0 Å². The number of aryl methyl sites for hydroxylation is 1. The molecule has 0 bridgehead atoms. The van der Waals surface area contributed by atoms with Gasteiger partial charge < -0.3 is 20.1 Å². The lowest BCUT2D eigenvalue weighted by molar-refractivity contribution is 0.00113. The average molecular weight is 438 g/mol. The summed E-state index contributed by atoms with van der Waals surface area (Å²) >= 11 is 0. The smallest absolute Gasteiger partial charge is 0.410 e. The molecule has 0 radical (unpaired) electrons. The number of pyridine rings is 2. The Balaban J connectivity index is 1.78. The zero-order valence-electron chi connectivity index (χ0n) is 18.7. The van der Waals surface area contributed by atoms with Crippen LogP contribution in [0.25, 0.3) is 22.2 Å². The number of nitrogen functional groups attached to an aromatic ring is 1. The van der Waals surface area contributed by atoms with Crippen molar-refractivity contribution in [1.82, 2.24) is 24.4 Å². The standard InChI is InChI=1S/C22H26N6O4/c1-12-15-8-16(13-6-7-17(31-5)24-9-13)19(29)28(18(15)26-20(23)25-12)14-10-27(11-14)21(30)32-22(2,3)4/h6-9,14H,10-11H2,1-5H3,(H2,23,25,26). The molecule has 0 aliphatic carbocycles. The monoisotopic (exact) mass is 438 g/mol. The van der Waals surface area contributed by atoms with E-state index < -0.39 is 11.7 Å². The summed E-state index contributed by atoms with van der Waals surface area (Å²) in [6, 6.07) is 4.97. The molecular weight excluding hydrogens is 412 g/mol. The van der Waals surface area contributed by atoms with Crippen LogP contribution in [0, 0.1) is 6.92 Å². The molecule has 32 heavy (non-hydrogen) atoms. The van der Waals surface area contributed by atoms with Crippen LogP contribution in [0.3, 0.4) is 0 Å². The van der Waals surface area contributed by atoms with Crippen LogP contribution >= 0.6 is 0 Å². The first kappa shape index (κ1) is 21.5. The highest BCUT2D eigenvalue weighted by Gasteiger charge is 2.36. The summed E-state index contributed by atoms with van der Waals surface area (Å²) < 4.78 is 12.1. The maximum Gasteiger partial charge on any atom is 0.410 e. The summed E-state index contributed by atoms with van der Waals surface area (Å²) in [5.74, 6) is 0.541. The van der Waals surface area contributed by atoms with Crippen LogP contribution in [-0.4, -0.2) is 56.3 Å². The Morgan fingerprint density at radius 2 is 1.94 bits per heavy atom. The molecule has 3 aromatic rings. The maximum absolute atomic E-state index is 13.6. The minimum atomic E-state index is -0.591. The topological polar surface area (TPSA) is 125 Å². The lowest BCUT2D eigenvalue weighted by Gasteiger charge is -2.40. The molecule has 4 heterocycles.